The fourth-order valence-electron chi connectivity index (χ4n) is 1.38. The van der Waals surface area contributed by atoms with Crippen LogP contribution in [0.2, 0.25) is 0 Å². The molecule has 0 atom stereocenters. The summed E-state index contributed by atoms with van der Waals surface area (Å²) in [4.78, 5) is -0.561. The van der Waals surface area contributed by atoms with Crippen LogP contribution in [0.5, 0.6) is 0 Å². The first kappa shape index (κ1) is 16.2. The van der Waals surface area contributed by atoms with Crippen LogP contribution < -0.4 is 0 Å². The third-order valence-corrected chi connectivity index (χ3v) is 4.44. The van der Waals surface area contributed by atoms with Gasteiger partial charge >= 0.3 is 6.18 Å². The summed E-state index contributed by atoms with van der Waals surface area (Å²) in [7, 11) is -3.68. The van der Waals surface area contributed by atoms with Crippen LogP contribution >= 0.6 is 11.6 Å². The average Bonchev–Trinajstić information content (AvgIpc) is 2.26. The third-order valence-electron chi connectivity index (χ3n) is 2.26. The smallest absolute Gasteiger partial charge is 0.207 e. The second-order valence-electron chi connectivity index (χ2n) is 3.76. The number of hydrogen-bond acceptors (Lipinski definition) is 2. The molecule has 0 unspecified atom stereocenters. The van der Waals surface area contributed by atoms with Gasteiger partial charge in [0.25, 0.3) is 0 Å². The summed E-state index contributed by atoms with van der Waals surface area (Å²) in [5.41, 5.74) is 0.0390. The number of nitrogens with zero attached hydrogens (tertiary/aromatic N) is 1. The van der Waals surface area contributed by atoms with Crippen LogP contribution in [0.15, 0.2) is 23.1 Å². The zero-order chi connectivity index (χ0) is 14.8. The van der Waals surface area contributed by atoms with Gasteiger partial charge in [0.2, 0.25) is 10.0 Å². The molecule has 0 N–H and O–H groups in total. The monoisotopic (exact) mass is 319 g/mol. The molecule has 0 saturated carbocycles. The minimum atomic E-state index is -4.68. The maximum atomic E-state index is 13.1. The molecule has 19 heavy (non-hydrogen) atoms. The average molecular weight is 320 g/mol. The van der Waals surface area contributed by atoms with E-state index in [1.807, 2.05) is 0 Å². The van der Waals surface area contributed by atoms with Gasteiger partial charge < -0.3 is 0 Å². The van der Waals surface area contributed by atoms with Crippen LogP contribution in [0, 0.1) is 5.82 Å². The van der Waals surface area contributed by atoms with Crippen molar-refractivity contribution in [2.75, 3.05) is 13.6 Å². The molecule has 0 amide bonds. The van der Waals surface area contributed by atoms with Gasteiger partial charge in [-0.15, -0.1) is 11.6 Å². The molecular weight excluding hydrogens is 310 g/mol. The lowest BCUT2D eigenvalue weighted by Crippen LogP contribution is -2.36. The van der Waals surface area contributed by atoms with Crippen molar-refractivity contribution in [1.29, 1.82) is 0 Å². The van der Waals surface area contributed by atoms with Crippen LogP contribution in [0.3, 0.4) is 0 Å². The first-order valence-electron chi connectivity index (χ1n) is 4.95. The van der Waals surface area contributed by atoms with Crippen molar-refractivity contribution >= 4 is 21.6 Å². The molecule has 0 spiro atoms. The van der Waals surface area contributed by atoms with Gasteiger partial charge in [0.1, 0.15) is 12.4 Å². The maximum absolute atomic E-state index is 13.1. The standard InChI is InChI=1S/C10H10ClF4NO2S/c1-16(6-10(13,14)15)19(17,18)9-4-8(12)3-2-7(9)5-11/h2-4H,5-6H2,1H3. The van der Waals surface area contributed by atoms with Crippen molar-refractivity contribution in [3.8, 4) is 0 Å². The van der Waals surface area contributed by atoms with E-state index < -0.39 is 33.5 Å². The summed E-state index contributed by atoms with van der Waals surface area (Å²) in [6, 6.07) is 2.76. The molecule has 0 fully saturated rings. The van der Waals surface area contributed by atoms with E-state index in [9.17, 15) is 26.0 Å². The predicted octanol–water partition coefficient (Wildman–Crippen LogP) is 2.75. The van der Waals surface area contributed by atoms with E-state index in [-0.39, 0.29) is 15.7 Å². The van der Waals surface area contributed by atoms with Crippen molar-refractivity contribution in [2.24, 2.45) is 0 Å². The minimum Gasteiger partial charge on any atom is -0.207 e. The van der Waals surface area contributed by atoms with Crippen LogP contribution in [0.1, 0.15) is 5.56 Å². The number of alkyl halides is 4. The normalized spacial score (nSPS) is 13.0. The Morgan fingerprint density at radius 2 is 1.89 bits per heavy atom. The molecule has 1 rings (SSSR count). The molecule has 0 aliphatic rings. The summed E-state index contributed by atoms with van der Waals surface area (Å²) < 4.78 is 73.7. The Hall–Kier alpha value is -0.860. The van der Waals surface area contributed by atoms with Gasteiger partial charge in [-0.3, -0.25) is 0 Å². The molecule has 3 nitrogen and oxygen atoms in total. The van der Waals surface area contributed by atoms with Gasteiger partial charge in [0.15, 0.2) is 0 Å². The second kappa shape index (κ2) is 5.64. The second-order valence-corrected chi connectivity index (χ2v) is 6.04. The van der Waals surface area contributed by atoms with Gasteiger partial charge in [-0.05, 0) is 17.7 Å². The highest BCUT2D eigenvalue weighted by atomic mass is 35.5. The summed E-state index contributed by atoms with van der Waals surface area (Å²) >= 11 is 5.50. The lowest BCUT2D eigenvalue weighted by Gasteiger charge is -2.20. The van der Waals surface area contributed by atoms with Crippen molar-refractivity contribution in [2.45, 2.75) is 17.0 Å². The Morgan fingerprint density at radius 3 is 2.37 bits per heavy atom. The number of halogens is 5. The Morgan fingerprint density at radius 1 is 1.32 bits per heavy atom. The molecule has 0 radical (unpaired) electrons. The Balaban J connectivity index is 3.23. The van der Waals surface area contributed by atoms with Gasteiger partial charge in [-0.25, -0.2) is 12.8 Å². The lowest BCUT2D eigenvalue weighted by atomic mass is 10.2. The van der Waals surface area contributed by atoms with Crippen molar-refractivity contribution in [3.63, 3.8) is 0 Å². The minimum absolute atomic E-state index is 0.0390. The highest BCUT2D eigenvalue weighted by molar-refractivity contribution is 7.89. The summed E-state index contributed by atoms with van der Waals surface area (Å²) in [5.74, 6) is -1.12. The fourth-order valence-corrected chi connectivity index (χ4v) is 3.08. The third kappa shape index (κ3) is 4.05. The van der Waals surface area contributed by atoms with E-state index in [2.05, 4.69) is 0 Å². The maximum Gasteiger partial charge on any atom is 0.402 e. The molecule has 0 heterocycles. The first-order valence-corrected chi connectivity index (χ1v) is 6.93. The molecule has 1 aromatic rings. The number of sulfonamides is 1. The Bertz CT molecular complexity index is 559. The topological polar surface area (TPSA) is 37.4 Å². The largest absolute Gasteiger partial charge is 0.402 e. The molecule has 0 bridgehead atoms. The molecule has 0 aromatic heterocycles. The first-order chi connectivity index (χ1) is 8.58. The van der Waals surface area contributed by atoms with Crippen LogP contribution in [-0.4, -0.2) is 32.5 Å². The van der Waals surface area contributed by atoms with E-state index in [1.54, 1.807) is 0 Å². The SMILES string of the molecule is CN(CC(F)(F)F)S(=O)(=O)c1cc(F)ccc1CCl. The van der Waals surface area contributed by atoms with Gasteiger partial charge in [0.05, 0.1) is 4.90 Å². The number of rotatable bonds is 4. The summed E-state index contributed by atoms with van der Waals surface area (Å²) in [5, 5.41) is 0. The van der Waals surface area contributed by atoms with Crippen LogP contribution in [0.4, 0.5) is 17.6 Å². The Labute approximate surface area is 112 Å². The quantitative estimate of drug-likeness (QED) is 0.632. The highest BCUT2D eigenvalue weighted by Crippen LogP contribution is 2.25. The van der Waals surface area contributed by atoms with E-state index >= 15 is 0 Å². The zero-order valence-electron chi connectivity index (χ0n) is 9.71. The number of hydrogen-bond donors (Lipinski definition) is 0. The van der Waals surface area contributed by atoms with E-state index in [4.69, 9.17) is 11.6 Å². The van der Waals surface area contributed by atoms with Crippen LogP contribution in [0.25, 0.3) is 0 Å². The highest BCUT2D eigenvalue weighted by Gasteiger charge is 2.35. The van der Waals surface area contributed by atoms with E-state index in [0.717, 1.165) is 19.2 Å². The molecular formula is C10H10ClF4NO2S. The Kier molecular flexibility index (Phi) is 4.81. The van der Waals surface area contributed by atoms with Crippen molar-refractivity contribution in [3.05, 3.63) is 29.6 Å². The van der Waals surface area contributed by atoms with Gasteiger partial charge in [0, 0.05) is 12.9 Å². The molecule has 108 valence electrons. The molecule has 1 aromatic carbocycles. The predicted molar refractivity (Wildman–Crippen MR) is 61.8 cm³/mol. The molecule has 0 saturated heterocycles. The molecule has 9 heteroatoms. The van der Waals surface area contributed by atoms with Crippen molar-refractivity contribution in [1.82, 2.24) is 4.31 Å². The zero-order valence-corrected chi connectivity index (χ0v) is 11.3. The van der Waals surface area contributed by atoms with Crippen LogP contribution in [-0.2, 0) is 15.9 Å². The fraction of sp³-hybridized carbons (Fsp3) is 0.400. The van der Waals surface area contributed by atoms with Gasteiger partial charge in [-0.1, -0.05) is 6.07 Å². The summed E-state index contributed by atoms with van der Waals surface area (Å²) in [6.45, 7) is -1.66. The van der Waals surface area contributed by atoms with Crippen molar-refractivity contribution < 1.29 is 26.0 Å². The van der Waals surface area contributed by atoms with E-state index in [1.165, 1.54) is 0 Å². The lowest BCUT2D eigenvalue weighted by molar-refractivity contribution is -0.134. The number of benzene rings is 1. The molecule has 0 aliphatic heterocycles. The van der Waals surface area contributed by atoms with Gasteiger partial charge in [-0.2, -0.15) is 17.5 Å². The van der Waals surface area contributed by atoms with E-state index in [0.29, 0.717) is 6.07 Å². The molecule has 0 aliphatic carbocycles. The summed E-state index contributed by atoms with van der Waals surface area (Å²) in [6.07, 6.45) is -4.68.